The van der Waals surface area contributed by atoms with Crippen molar-refractivity contribution >= 4 is 11.6 Å². The lowest BCUT2D eigenvalue weighted by atomic mass is 9.70. The topological polar surface area (TPSA) is 0 Å². The number of hydrogen-bond acceptors (Lipinski definition) is 0. The van der Waals surface area contributed by atoms with E-state index in [9.17, 15) is 0 Å². The van der Waals surface area contributed by atoms with Crippen molar-refractivity contribution in [3.8, 4) is 22.3 Å². The van der Waals surface area contributed by atoms with Crippen LogP contribution in [0, 0.1) is 0 Å². The van der Waals surface area contributed by atoms with Crippen LogP contribution in [0.5, 0.6) is 0 Å². The molecule has 0 N–H and O–H groups in total. The van der Waals surface area contributed by atoms with E-state index < -0.39 is 0 Å². The van der Waals surface area contributed by atoms with Crippen LogP contribution in [0.1, 0.15) is 46.6 Å². The lowest BCUT2D eigenvalue weighted by Gasteiger charge is -2.30. The van der Waals surface area contributed by atoms with Crippen molar-refractivity contribution in [1.82, 2.24) is 0 Å². The summed E-state index contributed by atoms with van der Waals surface area (Å²) in [7, 11) is 0. The molecular formula is C28H19Cl. The van der Waals surface area contributed by atoms with Crippen molar-refractivity contribution in [1.29, 1.82) is 0 Å². The molecule has 1 saturated carbocycles. The summed E-state index contributed by atoms with van der Waals surface area (Å²) in [5.74, 6) is 0.733. The Morgan fingerprint density at radius 3 is 2.07 bits per heavy atom. The van der Waals surface area contributed by atoms with E-state index in [1.54, 1.807) is 0 Å². The highest BCUT2D eigenvalue weighted by atomic mass is 35.5. The van der Waals surface area contributed by atoms with Gasteiger partial charge in [-0.05, 0) is 69.3 Å². The van der Waals surface area contributed by atoms with E-state index in [0.717, 1.165) is 10.9 Å². The Labute approximate surface area is 175 Å². The van der Waals surface area contributed by atoms with Crippen molar-refractivity contribution in [2.75, 3.05) is 0 Å². The molecule has 29 heavy (non-hydrogen) atoms. The molecule has 0 radical (unpaired) electrons. The molecule has 1 heteroatoms. The highest BCUT2D eigenvalue weighted by Gasteiger charge is 2.52. The van der Waals surface area contributed by atoms with Gasteiger partial charge in [-0.3, -0.25) is 0 Å². The molecule has 0 saturated heterocycles. The Morgan fingerprint density at radius 1 is 0.621 bits per heavy atom. The fourth-order valence-corrected chi connectivity index (χ4v) is 6.11. The molecule has 0 aliphatic heterocycles. The molecule has 3 aliphatic rings. The van der Waals surface area contributed by atoms with E-state index in [2.05, 4.69) is 78.9 Å². The number of benzene rings is 4. The molecular weight excluding hydrogens is 372 g/mol. The van der Waals surface area contributed by atoms with Gasteiger partial charge in [0.25, 0.3) is 0 Å². The van der Waals surface area contributed by atoms with Gasteiger partial charge >= 0.3 is 0 Å². The first-order valence-electron chi connectivity index (χ1n) is 10.4. The van der Waals surface area contributed by atoms with Gasteiger partial charge in [-0.25, -0.2) is 0 Å². The minimum Gasteiger partial charge on any atom is -0.0837 e. The standard InChI is InChI=1S/C28H19Cl/c29-26-11-5-10-24-27(26)21-7-2-4-9-23(21)28(24)22-8-3-1-6-19(22)20-15-14-18(16-25(20)28)17-12-13-17/h1-11,14-17H,12-13H2. The van der Waals surface area contributed by atoms with Crippen molar-refractivity contribution in [3.63, 3.8) is 0 Å². The molecule has 0 nitrogen and oxygen atoms in total. The third-order valence-electron chi connectivity index (χ3n) is 7.14. The second kappa shape index (κ2) is 5.40. The molecule has 1 spiro atoms. The van der Waals surface area contributed by atoms with Gasteiger partial charge in [0.15, 0.2) is 0 Å². The summed E-state index contributed by atoms with van der Waals surface area (Å²) in [5, 5.41) is 0.844. The number of halogens is 1. The molecule has 1 atom stereocenters. The van der Waals surface area contributed by atoms with Crippen LogP contribution in [-0.4, -0.2) is 0 Å². The fourth-order valence-electron chi connectivity index (χ4n) is 5.83. The Balaban J connectivity index is 1.69. The zero-order chi connectivity index (χ0) is 19.2. The first kappa shape index (κ1) is 16.0. The third kappa shape index (κ3) is 1.86. The van der Waals surface area contributed by atoms with Crippen LogP contribution in [-0.2, 0) is 5.41 Å². The van der Waals surface area contributed by atoms with Crippen LogP contribution < -0.4 is 0 Å². The molecule has 0 amide bonds. The molecule has 0 heterocycles. The van der Waals surface area contributed by atoms with Crippen molar-refractivity contribution in [2.45, 2.75) is 24.2 Å². The molecule has 4 aromatic rings. The second-order valence-electron chi connectivity index (χ2n) is 8.58. The monoisotopic (exact) mass is 390 g/mol. The van der Waals surface area contributed by atoms with Gasteiger partial charge in [-0.2, -0.15) is 0 Å². The number of fused-ring (bicyclic) bond motifs is 10. The average Bonchev–Trinajstić information content (AvgIpc) is 3.51. The van der Waals surface area contributed by atoms with E-state index in [4.69, 9.17) is 11.6 Å². The van der Waals surface area contributed by atoms with Crippen LogP contribution in [0.2, 0.25) is 5.02 Å². The Bertz CT molecular complexity index is 1330. The van der Waals surface area contributed by atoms with E-state index in [1.807, 2.05) is 6.07 Å². The Morgan fingerprint density at radius 2 is 1.28 bits per heavy atom. The van der Waals surface area contributed by atoms with Crippen molar-refractivity contribution < 1.29 is 0 Å². The Hall–Kier alpha value is -2.83. The lowest BCUT2D eigenvalue weighted by Crippen LogP contribution is -2.26. The molecule has 0 bridgehead atoms. The molecule has 3 aliphatic carbocycles. The number of rotatable bonds is 1. The highest BCUT2D eigenvalue weighted by Crippen LogP contribution is 2.64. The van der Waals surface area contributed by atoms with Crippen molar-refractivity contribution in [3.05, 3.63) is 118 Å². The van der Waals surface area contributed by atoms with E-state index in [1.165, 1.54) is 62.9 Å². The van der Waals surface area contributed by atoms with Crippen molar-refractivity contribution in [2.24, 2.45) is 0 Å². The second-order valence-corrected chi connectivity index (χ2v) is 8.99. The van der Waals surface area contributed by atoms with Crippen LogP contribution in [0.4, 0.5) is 0 Å². The van der Waals surface area contributed by atoms with Crippen LogP contribution >= 0.6 is 11.6 Å². The zero-order valence-electron chi connectivity index (χ0n) is 16.0. The summed E-state index contributed by atoms with van der Waals surface area (Å²) in [4.78, 5) is 0. The van der Waals surface area contributed by atoms with Crippen LogP contribution in [0.25, 0.3) is 22.3 Å². The summed E-state index contributed by atoms with van der Waals surface area (Å²) in [6, 6.07) is 31.4. The maximum absolute atomic E-state index is 6.80. The van der Waals surface area contributed by atoms with E-state index in [-0.39, 0.29) is 5.41 Å². The molecule has 138 valence electrons. The van der Waals surface area contributed by atoms with Gasteiger partial charge in [0.2, 0.25) is 0 Å². The van der Waals surface area contributed by atoms with E-state index >= 15 is 0 Å². The normalized spacial score (nSPS) is 20.3. The maximum atomic E-state index is 6.80. The molecule has 4 aromatic carbocycles. The van der Waals surface area contributed by atoms with Gasteiger partial charge in [-0.1, -0.05) is 90.5 Å². The van der Waals surface area contributed by atoms with Gasteiger partial charge in [0.05, 0.1) is 5.41 Å². The van der Waals surface area contributed by atoms with E-state index in [0.29, 0.717) is 0 Å². The first-order valence-corrected chi connectivity index (χ1v) is 10.8. The fraction of sp³-hybridized carbons (Fsp3) is 0.143. The predicted molar refractivity (Wildman–Crippen MR) is 120 cm³/mol. The molecule has 0 aromatic heterocycles. The molecule has 7 rings (SSSR count). The summed E-state index contributed by atoms with van der Waals surface area (Å²) < 4.78 is 0. The highest BCUT2D eigenvalue weighted by molar-refractivity contribution is 6.34. The largest absolute Gasteiger partial charge is 0.0837 e. The average molecular weight is 391 g/mol. The molecule has 1 fully saturated rings. The van der Waals surface area contributed by atoms with Gasteiger partial charge in [-0.15, -0.1) is 0 Å². The van der Waals surface area contributed by atoms with Crippen LogP contribution in [0.3, 0.4) is 0 Å². The maximum Gasteiger partial charge on any atom is 0.0726 e. The zero-order valence-corrected chi connectivity index (χ0v) is 16.7. The molecule has 1 unspecified atom stereocenters. The minimum atomic E-state index is -0.270. The van der Waals surface area contributed by atoms with Gasteiger partial charge < -0.3 is 0 Å². The SMILES string of the molecule is Clc1cccc2c1-c1ccccc1C21c2ccccc2-c2ccc(C3CC3)cc21. The smallest absolute Gasteiger partial charge is 0.0726 e. The van der Waals surface area contributed by atoms with Gasteiger partial charge in [0.1, 0.15) is 0 Å². The minimum absolute atomic E-state index is 0.270. The number of hydrogen-bond donors (Lipinski definition) is 0. The first-order chi connectivity index (χ1) is 14.3. The Kier molecular flexibility index (Phi) is 2.98. The van der Waals surface area contributed by atoms with Crippen LogP contribution in [0.15, 0.2) is 84.9 Å². The summed E-state index contributed by atoms with van der Waals surface area (Å²) in [6.07, 6.45) is 2.63. The third-order valence-corrected chi connectivity index (χ3v) is 7.45. The summed E-state index contributed by atoms with van der Waals surface area (Å²) in [5.41, 5.74) is 11.9. The summed E-state index contributed by atoms with van der Waals surface area (Å²) >= 11 is 6.80. The summed E-state index contributed by atoms with van der Waals surface area (Å²) in [6.45, 7) is 0. The lowest BCUT2D eigenvalue weighted by molar-refractivity contribution is 0.791. The quantitative estimate of drug-likeness (QED) is 0.271. The van der Waals surface area contributed by atoms with Gasteiger partial charge in [0, 0.05) is 10.6 Å². The predicted octanol–water partition coefficient (Wildman–Crippen LogP) is 7.56.